The first-order chi connectivity index (χ1) is 33.1. The minimum absolute atomic E-state index is 0.186. The quantitative estimate of drug-likeness (QED) is 0.0241. The first-order valence-electron chi connectivity index (χ1n) is 25.1. The van der Waals surface area contributed by atoms with Crippen LogP contribution < -0.4 is 5.32 Å². The van der Waals surface area contributed by atoms with Gasteiger partial charge < -0.3 is 65.1 Å². The second-order valence-electron chi connectivity index (χ2n) is 17.2. The van der Waals surface area contributed by atoms with Crippen LogP contribution in [0.5, 0.6) is 0 Å². The molecule has 0 aliphatic carbocycles. The van der Waals surface area contributed by atoms with Gasteiger partial charge in [-0.25, -0.2) is 0 Å². The summed E-state index contributed by atoms with van der Waals surface area (Å²) in [7, 11) is 0. The summed E-state index contributed by atoms with van der Waals surface area (Å²) in [5.41, 5.74) is 0. The smallest absolute Gasteiger partial charge is 0.220 e. The van der Waals surface area contributed by atoms with Crippen LogP contribution in [0, 0.1) is 0 Å². The van der Waals surface area contributed by atoms with Gasteiger partial charge in [-0.15, -0.1) is 0 Å². The lowest BCUT2D eigenvalue weighted by Crippen LogP contribution is -2.65. The first kappa shape index (κ1) is 60.8. The molecule has 2 aliphatic heterocycles. The molecule has 2 fully saturated rings. The molecule has 14 heteroatoms. The van der Waals surface area contributed by atoms with Crippen molar-refractivity contribution in [1.82, 2.24) is 5.32 Å². The second-order valence-corrected chi connectivity index (χ2v) is 17.2. The van der Waals surface area contributed by atoms with E-state index < -0.39 is 86.8 Å². The van der Waals surface area contributed by atoms with E-state index in [1.54, 1.807) is 6.08 Å². The number of carbonyl (C=O) groups excluding carboxylic acids is 1. The minimum atomic E-state index is -1.80. The van der Waals surface area contributed by atoms with Crippen LogP contribution in [0.2, 0.25) is 0 Å². The molecule has 0 saturated carbocycles. The van der Waals surface area contributed by atoms with E-state index in [9.17, 15) is 45.6 Å². The Morgan fingerprint density at radius 2 is 1.03 bits per heavy atom. The van der Waals surface area contributed by atoms with Gasteiger partial charge in [0, 0.05) is 6.42 Å². The summed E-state index contributed by atoms with van der Waals surface area (Å²) in [4.78, 5) is 13.1. The van der Waals surface area contributed by atoms with Crippen LogP contribution in [-0.4, -0.2) is 140 Å². The summed E-state index contributed by atoms with van der Waals surface area (Å²) >= 11 is 0. The third kappa shape index (κ3) is 26.0. The SMILES string of the molecule is CC/C=C\C/C=C\C/C=C\C/C=C\C/C=C\C/C=C\C/C=C\CCCC(=O)NC(COC1OC(CO)C(OC2OC(CO)C(O)C(O)C2O)C(O)C1O)C(O)/C=C/CC/C=C/CCCCCCC. The van der Waals surface area contributed by atoms with Crippen molar-refractivity contribution in [3.8, 4) is 0 Å². The Morgan fingerprint density at radius 1 is 0.544 bits per heavy atom. The average Bonchev–Trinajstić information content (AvgIpc) is 3.34. The highest BCUT2D eigenvalue weighted by molar-refractivity contribution is 5.76. The number of hydrogen-bond donors (Lipinski definition) is 9. The van der Waals surface area contributed by atoms with Crippen LogP contribution in [0.25, 0.3) is 0 Å². The summed E-state index contributed by atoms with van der Waals surface area (Å²) in [6.45, 7) is 2.55. The van der Waals surface area contributed by atoms with Crippen LogP contribution in [0.4, 0.5) is 0 Å². The van der Waals surface area contributed by atoms with Gasteiger partial charge in [0.15, 0.2) is 12.6 Å². The summed E-state index contributed by atoms with van der Waals surface area (Å²) in [6.07, 6.45) is 37.1. The highest BCUT2D eigenvalue weighted by Gasteiger charge is 2.51. The van der Waals surface area contributed by atoms with Crippen molar-refractivity contribution >= 4 is 5.91 Å². The maximum absolute atomic E-state index is 13.1. The molecule has 2 saturated heterocycles. The Morgan fingerprint density at radius 3 is 1.60 bits per heavy atom. The second kappa shape index (κ2) is 39.4. The molecule has 2 rings (SSSR count). The normalized spacial score (nSPS) is 27.3. The average molecular weight is 958 g/mol. The maximum Gasteiger partial charge on any atom is 0.220 e. The Kier molecular flexibility index (Phi) is 35.2. The topological polar surface area (TPSA) is 228 Å². The number of aliphatic hydroxyl groups excluding tert-OH is 8. The highest BCUT2D eigenvalue weighted by atomic mass is 16.7. The zero-order valence-electron chi connectivity index (χ0n) is 40.8. The number of ether oxygens (including phenoxy) is 4. The lowest BCUT2D eigenvalue weighted by Gasteiger charge is -2.46. The van der Waals surface area contributed by atoms with E-state index in [1.165, 1.54) is 25.7 Å². The standard InChI is InChI=1S/C54H87NO13/c1-3-5-7-9-11-13-15-16-17-18-19-20-21-22-23-24-25-26-28-30-32-34-36-38-46(59)55-42(43(58)37-35-33-31-29-27-14-12-10-8-6-4-2)41-65-53-51(64)49(62)52(45(40-57)67-53)68-54-50(63)48(61)47(60)44(39-56)66-54/h5,7,11,13,16-17,19-20,22-23,25-27,29-30,32,35,37,42-45,47-54,56-58,60-64H,3-4,6,8-10,12,14-15,18,21,24,28,31,33-34,36,38-41H2,1-2H3,(H,55,59)/b7-5-,13-11-,17-16-,20-19-,23-22-,26-25-,29-27+,32-30-,37-35+. The van der Waals surface area contributed by atoms with Crippen molar-refractivity contribution in [3.63, 3.8) is 0 Å². The molecular weight excluding hydrogens is 871 g/mol. The molecular formula is C54H87NO13. The zero-order chi connectivity index (χ0) is 49.6. The van der Waals surface area contributed by atoms with Gasteiger partial charge in [0.2, 0.25) is 5.91 Å². The maximum atomic E-state index is 13.1. The number of aliphatic hydroxyl groups is 8. The monoisotopic (exact) mass is 958 g/mol. The van der Waals surface area contributed by atoms with Crippen LogP contribution in [-0.2, 0) is 23.7 Å². The molecule has 68 heavy (non-hydrogen) atoms. The van der Waals surface area contributed by atoms with E-state index in [1.807, 2.05) is 12.2 Å². The predicted molar refractivity (Wildman–Crippen MR) is 267 cm³/mol. The van der Waals surface area contributed by atoms with Crippen LogP contribution in [0.15, 0.2) is 109 Å². The van der Waals surface area contributed by atoms with Crippen molar-refractivity contribution in [1.29, 1.82) is 0 Å². The van der Waals surface area contributed by atoms with Crippen molar-refractivity contribution in [2.45, 2.75) is 203 Å². The lowest BCUT2D eigenvalue weighted by atomic mass is 9.97. The third-order valence-corrected chi connectivity index (χ3v) is 11.4. The fraction of sp³-hybridized carbons (Fsp3) is 0.648. The van der Waals surface area contributed by atoms with Crippen LogP contribution >= 0.6 is 0 Å². The number of unbranched alkanes of at least 4 members (excludes halogenated alkanes) is 7. The minimum Gasteiger partial charge on any atom is -0.394 e. The molecule has 0 aromatic heterocycles. The molecule has 0 aromatic rings. The largest absolute Gasteiger partial charge is 0.394 e. The fourth-order valence-corrected chi connectivity index (χ4v) is 7.35. The number of amides is 1. The molecule has 2 aliphatic rings. The van der Waals surface area contributed by atoms with Gasteiger partial charge in [-0.2, -0.15) is 0 Å². The number of carbonyl (C=O) groups is 1. The Balaban J connectivity index is 1.86. The van der Waals surface area contributed by atoms with E-state index in [0.717, 1.165) is 64.2 Å². The highest BCUT2D eigenvalue weighted by Crippen LogP contribution is 2.30. The van der Waals surface area contributed by atoms with E-state index in [2.05, 4.69) is 110 Å². The summed E-state index contributed by atoms with van der Waals surface area (Å²) < 4.78 is 22.6. The number of nitrogens with one attached hydrogen (secondary N) is 1. The zero-order valence-corrected chi connectivity index (χ0v) is 40.8. The third-order valence-electron chi connectivity index (χ3n) is 11.4. The van der Waals surface area contributed by atoms with Crippen molar-refractivity contribution in [2.24, 2.45) is 0 Å². The van der Waals surface area contributed by atoms with Gasteiger partial charge in [0.1, 0.15) is 48.8 Å². The first-order valence-corrected chi connectivity index (χ1v) is 25.1. The molecule has 12 atom stereocenters. The number of hydrogen-bond acceptors (Lipinski definition) is 13. The van der Waals surface area contributed by atoms with Gasteiger partial charge in [-0.05, 0) is 83.5 Å². The molecule has 9 N–H and O–H groups in total. The van der Waals surface area contributed by atoms with Crippen LogP contribution in [0.1, 0.15) is 129 Å². The fourth-order valence-electron chi connectivity index (χ4n) is 7.35. The van der Waals surface area contributed by atoms with Crippen molar-refractivity contribution in [2.75, 3.05) is 19.8 Å². The number of rotatable bonds is 36. The van der Waals surface area contributed by atoms with Gasteiger partial charge in [-0.1, -0.05) is 149 Å². The van der Waals surface area contributed by atoms with Gasteiger partial charge in [-0.3, -0.25) is 4.79 Å². The molecule has 1 amide bonds. The Hall–Kier alpha value is -3.35. The molecule has 0 radical (unpaired) electrons. The summed E-state index contributed by atoms with van der Waals surface area (Å²) in [6, 6.07) is -0.968. The summed E-state index contributed by atoms with van der Waals surface area (Å²) in [5.74, 6) is -0.315. The molecule has 386 valence electrons. The van der Waals surface area contributed by atoms with E-state index in [4.69, 9.17) is 18.9 Å². The Bertz CT molecular complexity index is 1550. The van der Waals surface area contributed by atoms with Gasteiger partial charge >= 0.3 is 0 Å². The van der Waals surface area contributed by atoms with E-state index in [0.29, 0.717) is 19.3 Å². The van der Waals surface area contributed by atoms with Gasteiger partial charge in [0.05, 0.1) is 32.0 Å². The lowest BCUT2D eigenvalue weighted by molar-refractivity contribution is -0.359. The molecule has 2 heterocycles. The van der Waals surface area contributed by atoms with Gasteiger partial charge in [0.25, 0.3) is 0 Å². The van der Waals surface area contributed by atoms with Crippen LogP contribution in [0.3, 0.4) is 0 Å². The molecule has 14 nitrogen and oxygen atoms in total. The van der Waals surface area contributed by atoms with Crippen molar-refractivity contribution < 1.29 is 64.6 Å². The van der Waals surface area contributed by atoms with E-state index in [-0.39, 0.29) is 18.9 Å². The summed E-state index contributed by atoms with van der Waals surface area (Å²) in [5, 5.41) is 86.5. The van der Waals surface area contributed by atoms with E-state index >= 15 is 0 Å². The van der Waals surface area contributed by atoms with Crippen molar-refractivity contribution in [3.05, 3.63) is 109 Å². The molecule has 0 spiro atoms. The predicted octanol–water partition coefficient (Wildman–Crippen LogP) is 6.54. The molecule has 0 aromatic carbocycles. The molecule has 0 bridgehead atoms. The molecule has 12 unspecified atom stereocenters. The Labute approximate surface area is 406 Å². The number of allylic oxidation sites excluding steroid dienone is 17.